The Kier molecular flexibility index (Phi) is 5.71. The number of H-pyrrole nitrogens is 1. The molecule has 0 radical (unpaired) electrons. The van der Waals surface area contributed by atoms with E-state index in [0.29, 0.717) is 28.7 Å². The third-order valence-electron chi connectivity index (χ3n) is 4.21. The van der Waals surface area contributed by atoms with E-state index < -0.39 is 0 Å². The van der Waals surface area contributed by atoms with Crippen LogP contribution in [-0.4, -0.2) is 28.2 Å². The summed E-state index contributed by atoms with van der Waals surface area (Å²) >= 11 is 5.14. The second-order valence-electron chi connectivity index (χ2n) is 6.26. The molecular weight excluding hydrogens is 360 g/mol. The highest BCUT2D eigenvalue weighted by molar-refractivity contribution is 7.71. The van der Waals surface area contributed by atoms with E-state index in [0.717, 1.165) is 11.1 Å². The molecule has 0 bridgehead atoms. The summed E-state index contributed by atoms with van der Waals surface area (Å²) in [6, 6.07) is 12.0. The molecule has 1 heterocycles. The number of methoxy groups -OCH3 is 1. The van der Waals surface area contributed by atoms with E-state index in [4.69, 9.17) is 21.7 Å². The molecule has 1 aromatic heterocycles. The van der Waals surface area contributed by atoms with Crippen molar-refractivity contribution >= 4 is 18.4 Å². The first-order chi connectivity index (χ1) is 13.0. The lowest BCUT2D eigenvalue weighted by Gasteiger charge is -2.13. The summed E-state index contributed by atoms with van der Waals surface area (Å²) in [6.07, 6.45) is 1.70. The molecule has 27 heavy (non-hydrogen) atoms. The maximum Gasteiger partial charge on any atom is 0.216 e. The summed E-state index contributed by atoms with van der Waals surface area (Å²) < 4.78 is 13.5. The molecule has 0 saturated carbocycles. The van der Waals surface area contributed by atoms with Crippen molar-refractivity contribution in [2.24, 2.45) is 5.10 Å². The van der Waals surface area contributed by atoms with Crippen LogP contribution in [0.15, 0.2) is 41.5 Å². The third-order valence-corrected chi connectivity index (χ3v) is 4.47. The Morgan fingerprint density at radius 2 is 1.96 bits per heavy atom. The van der Waals surface area contributed by atoms with Gasteiger partial charge in [-0.15, -0.1) is 0 Å². The minimum atomic E-state index is 0.448. The molecule has 2 aromatic carbocycles. The molecule has 6 nitrogen and oxygen atoms in total. The van der Waals surface area contributed by atoms with E-state index in [1.54, 1.807) is 18.0 Å². The molecule has 0 fully saturated rings. The standard InChI is InChI=1S/C20H22N4O2S/c1-13-5-6-14(2)17(9-13)12-26-18-8-7-16(10-19(18)25-4)11-21-24-15(3)22-23-20(24)27/h5-11H,12H2,1-4H3,(H,23,27)/b21-11-. The van der Waals surface area contributed by atoms with E-state index in [-0.39, 0.29) is 0 Å². The number of rotatable bonds is 6. The maximum absolute atomic E-state index is 5.99. The maximum atomic E-state index is 5.99. The molecule has 7 heteroatoms. The van der Waals surface area contributed by atoms with Crippen LogP contribution in [0.4, 0.5) is 0 Å². The minimum Gasteiger partial charge on any atom is -0.493 e. The predicted octanol–water partition coefficient (Wildman–Crippen LogP) is 4.34. The van der Waals surface area contributed by atoms with Gasteiger partial charge >= 0.3 is 0 Å². The van der Waals surface area contributed by atoms with Crippen LogP contribution in [0.2, 0.25) is 0 Å². The highest BCUT2D eigenvalue weighted by Crippen LogP contribution is 2.28. The van der Waals surface area contributed by atoms with Crippen molar-refractivity contribution in [1.82, 2.24) is 14.9 Å². The number of nitrogens with one attached hydrogen (secondary N) is 1. The molecule has 0 amide bonds. The molecule has 0 unspecified atom stereocenters. The molecule has 0 spiro atoms. The number of hydrogen-bond donors (Lipinski definition) is 1. The summed E-state index contributed by atoms with van der Waals surface area (Å²) in [5.74, 6) is 2.03. The number of nitrogens with zero attached hydrogens (tertiary/aromatic N) is 3. The van der Waals surface area contributed by atoms with Gasteiger partial charge in [0.05, 0.1) is 13.3 Å². The Balaban J connectivity index is 1.78. The Hall–Kier alpha value is -2.93. The molecule has 0 aliphatic heterocycles. The van der Waals surface area contributed by atoms with Gasteiger partial charge < -0.3 is 9.47 Å². The van der Waals surface area contributed by atoms with Crippen LogP contribution in [-0.2, 0) is 6.61 Å². The topological polar surface area (TPSA) is 64.4 Å². The zero-order valence-electron chi connectivity index (χ0n) is 15.8. The molecule has 0 aliphatic carbocycles. The van der Waals surface area contributed by atoms with Crippen LogP contribution >= 0.6 is 12.2 Å². The second-order valence-corrected chi connectivity index (χ2v) is 6.65. The van der Waals surface area contributed by atoms with Crippen molar-refractivity contribution in [3.63, 3.8) is 0 Å². The summed E-state index contributed by atoms with van der Waals surface area (Å²) in [4.78, 5) is 0. The van der Waals surface area contributed by atoms with Crippen molar-refractivity contribution in [1.29, 1.82) is 0 Å². The van der Waals surface area contributed by atoms with Crippen molar-refractivity contribution in [2.75, 3.05) is 7.11 Å². The number of ether oxygens (including phenoxy) is 2. The summed E-state index contributed by atoms with van der Waals surface area (Å²) in [6.45, 7) is 6.47. The monoisotopic (exact) mass is 382 g/mol. The third kappa shape index (κ3) is 4.43. The lowest BCUT2D eigenvalue weighted by atomic mass is 10.1. The number of aryl methyl sites for hydroxylation is 3. The summed E-state index contributed by atoms with van der Waals surface area (Å²) in [5, 5.41) is 11.1. The molecule has 0 saturated heterocycles. The van der Waals surface area contributed by atoms with Gasteiger partial charge in [-0.2, -0.15) is 14.9 Å². The highest BCUT2D eigenvalue weighted by atomic mass is 32.1. The van der Waals surface area contributed by atoms with E-state index >= 15 is 0 Å². The molecule has 0 atom stereocenters. The van der Waals surface area contributed by atoms with Crippen LogP contribution in [0, 0.1) is 25.5 Å². The van der Waals surface area contributed by atoms with Gasteiger partial charge in [-0.1, -0.05) is 23.8 Å². The quantitative estimate of drug-likeness (QED) is 0.509. The predicted molar refractivity (Wildman–Crippen MR) is 108 cm³/mol. The van der Waals surface area contributed by atoms with E-state index in [9.17, 15) is 0 Å². The van der Waals surface area contributed by atoms with Crippen LogP contribution in [0.3, 0.4) is 0 Å². The molecular formula is C20H22N4O2S. The molecule has 0 aliphatic rings. The fourth-order valence-corrected chi connectivity index (χ4v) is 2.85. The normalized spacial score (nSPS) is 11.1. The van der Waals surface area contributed by atoms with Crippen LogP contribution in [0.5, 0.6) is 11.5 Å². The van der Waals surface area contributed by atoms with Crippen molar-refractivity contribution in [2.45, 2.75) is 27.4 Å². The van der Waals surface area contributed by atoms with Crippen LogP contribution in [0.25, 0.3) is 0 Å². The molecule has 1 N–H and O–H groups in total. The average Bonchev–Trinajstić information content (AvgIpc) is 2.99. The lowest BCUT2D eigenvalue weighted by molar-refractivity contribution is 0.284. The number of hydrogen-bond acceptors (Lipinski definition) is 5. The lowest BCUT2D eigenvalue weighted by Crippen LogP contribution is -2.01. The first-order valence-corrected chi connectivity index (χ1v) is 8.94. The van der Waals surface area contributed by atoms with Gasteiger partial charge in [0.2, 0.25) is 4.77 Å². The second kappa shape index (κ2) is 8.18. The Labute approximate surface area is 163 Å². The smallest absolute Gasteiger partial charge is 0.216 e. The number of aromatic amines is 1. The van der Waals surface area contributed by atoms with E-state index in [1.807, 2.05) is 25.1 Å². The molecule has 3 aromatic rings. The van der Waals surface area contributed by atoms with Crippen molar-refractivity contribution in [3.8, 4) is 11.5 Å². The zero-order valence-corrected chi connectivity index (χ0v) is 16.6. The van der Waals surface area contributed by atoms with E-state index in [1.165, 1.54) is 11.1 Å². The summed E-state index contributed by atoms with van der Waals surface area (Å²) in [5.41, 5.74) is 4.45. The largest absolute Gasteiger partial charge is 0.493 e. The minimum absolute atomic E-state index is 0.448. The van der Waals surface area contributed by atoms with Gasteiger partial charge in [-0.3, -0.25) is 5.10 Å². The fourth-order valence-electron chi connectivity index (χ4n) is 2.63. The van der Waals surface area contributed by atoms with Crippen molar-refractivity contribution in [3.05, 3.63) is 69.2 Å². The van der Waals surface area contributed by atoms with Gasteiger partial charge in [-0.25, -0.2) is 0 Å². The van der Waals surface area contributed by atoms with Gasteiger partial charge in [0.1, 0.15) is 12.4 Å². The van der Waals surface area contributed by atoms with Gasteiger partial charge in [0.15, 0.2) is 11.5 Å². The van der Waals surface area contributed by atoms with Crippen LogP contribution < -0.4 is 9.47 Å². The molecule has 3 rings (SSSR count). The van der Waals surface area contributed by atoms with Crippen molar-refractivity contribution < 1.29 is 9.47 Å². The molecule has 140 valence electrons. The first-order valence-electron chi connectivity index (χ1n) is 8.53. The highest BCUT2D eigenvalue weighted by Gasteiger charge is 2.07. The Bertz CT molecular complexity index is 1040. The van der Waals surface area contributed by atoms with E-state index in [2.05, 4.69) is 47.3 Å². The first kappa shape index (κ1) is 18.8. The Morgan fingerprint density at radius 1 is 1.15 bits per heavy atom. The van der Waals surface area contributed by atoms with Crippen LogP contribution in [0.1, 0.15) is 28.1 Å². The fraction of sp³-hybridized carbons (Fsp3) is 0.250. The number of aromatic nitrogens is 3. The average molecular weight is 382 g/mol. The van der Waals surface area contributed by atoms with Gasteiger partial charge in [0.25, 0.3) is 0 Å². The Morgan fingerprint density at radius 3 is 2.67 bits per heavy atom. The summed E-state index contributed by atoms with van der Waals surface area (Å²) in [7, 11) is 1.62. The number of benzene rings is 2. The van der Waals surface area contributed by atoms with Gasteiger partial charge in [0, 0.05) is 0 Å². The SMILES string of the molecule is COc1cc(/C=N\n2c(C)n[nH]c2=S)ccc1OCc1cc(C)ccc1C. The van der Waals surface area contributed by atoms with Gasteiger partial charge in [-0.05, 0) is 67.9 Å². The zero-order chi connectivity index (χ0) is 19.4.